The number of benzene rings is 2. The van der Waals surface area contributed by atoms with Crippen molar-refractivity contribution in [3.05, 3.63) is 53.6 Å². The van der Waals surface area contributed by atoms with Gasteiger partial charge < -0.3 is 4.90 Å². The first-order valence-corrected chi connectivity index (χ1v) is 11.6. The fraction of sp³-hybridized carbons (Fsp3) is 0.286. The van der Waals surface area contributed by atoms with Crippen molar-refractivity contribution >= 4 is 39.3 Å². The molecule has 0 saturated carbocycles. The molecule has 1 fully saturated rings. The number of hydrogen-bond donors (Lipinski definition) is 3. The Balaban J connectivity index is 1.83. The van der Waals surface area contributed by atoms with Crippen molar-refractivity contribution in [2.45, 2.75) is 24.3 Å². The van der Waals surface area contributed by atoms with Gasteiger partial charge in [0.05, 0.1) is 16.6 Å². The number of hydroxylamine groups is 1. The van der Waals surface area contributed by atoms with Crippen molar-refractivity contribution in [3.63, 3.8) is 0 Å². The molecule has 0 radical (unpaired) electrons. The fourth-order valence-corrected chi connectivity index (χ4v) is 5.04. The summed E-state index contributed by atoms with van der Waals surface area (Å²) < 4.78 is 25.9. The van der Waals surface area contributed by atoms with Crippen LogP contribution >= 0.6 is 11.6 Å². The van der Waals surface area contributed by atoms with Crippen molar-refractivity contribution < 1.29 is 28.0 Å². The van der Waals surface area contributed by atoms with E-state index >= 15 is 0 Å². The van der Waals surface area contributed by atoms with E-state index in [4.69, 9.17) is 16.8 Å². The molecule has 170 valence electrons. The number of amides is 4. The Morgan fingerprint density at radius 2 is 1.62 bits per heavy atom. The Kier molecular flexibility index (Phi) is 6.59. The molecule has 0 aromatic heterocycles. The van der Waals surface area contributed by atoms with Gasteiger partial charge in [-0.2, -0.15) is 0 Å². The number of nitrogens with zero attached hydrogens (tertiary/aromatic N) is 1. The maximum Gasteiger partial charge on any atom is 0.325 e. The monoisotopic (exact) mass is 479 g/mol. The summed E-state index contributed by atoms with van der Waals surface area (Å²) >= 11 is 5.89. The molecule has 2 aromatic rings. The first-order chi connectivity index (χ1) is 15.0. The molecule has 1 aliphatic heterocycles. The molecule has 1 unspecified atom stereocenters. The van der Waals surface area contributed by atoms with Crippen LogP contribution in [0.5, 0.6) is 0 Å². The molecule has 9 nitrogen and oxygen atoms in total. The SMILES string of the molecule is CC1(C)C(=O)NC(=O)N1CC(CS(=O)(=O)c1ccc(-c2ccc(Cl)cc2)cc1)C(=O)NO. The summed E-state index contributed by atoms with van der Waals surface area (Å²) in [7, 11) is -3.97. The first-order valence-electron chi connectivity index (χ1n) is 9.61. The average Bonchev–Trinajstić information content (AvgIpc) is 2.94. The van der Waals surface area contributed by atoms with Gasteiger partial charge in [-0.3, -0.25) is 20.1 Å². The van der Waals surface area contributed by atoms with Crippen LogP contribution < -0.4 is 10.8 Å². The van der Waals surface area contributed by atoms with Gasteiger partial charge in [-0.15, -0.1) is 0 Å². The average molecular weight is 480 g/mol. The zero-order valence-electron chi connectivity index (χ0n) is 17.3. The summed E-state index contributed by atoms with van der Waals surface area (Å²) in [6, 6.07) is 12.4. The molecule has 32 heavy (non-hydrogen) atoms. The molecule has 1 saturated heterocycles. The molecule has 11 heteroatoms. The second-order valence-corrected chi connectivity index (χ2v) is 10.4. The third kappa shape index (κ3) is 4.77. The number of sulfone groups is 1. The molecular formula is C21H22ClN3O6S. The van der Waals surface area contributed by atoms with Crippen LogP contribution in [0.2, 0.25) is 5.02 Å². The normalized spacial score (nSPS) is 16.6. The highest BCUT2D eigenvalue weighted by Gasteiger charge is 2.47. The molecule has 3 N–H and O–H groups in total. The van der Waals surface area contributed by atoms with Crippen LogP contribution in [-0.2, 0) is 19.4 Å². The number of rotatable bonds is 7. The Morgan fingerprint density at radius 3 is 2.09 bits per heavy atom. The van der Waals surface area contributed by atoms with Gasteiger partial charge in [-0.1, -0.05) is 35.9 Å². The highest BCUT2D eigenvalue weighted by atomic mass is 35.5. The van der Waals surface area contributed by atoms with Gasteiger partial charge in [0.1, 0.15) is 5.54 Å². The molecule has 0 aliphatic carbocycles. The quantitative estimate of drug-likeness (QED) is 0.317. The smallest absolute Gasteiger partial charge is 0.309 e. The minimum Gasteiger partial charge on any atom is -0.309 e. The zero-order chi connectivity index (χ0) is 23.7. The van der Waals surface area contributed by atoms with Gasteiger partial charge in [0.15, 0.2) is 9.84 Å². The van der Waals surface area contributed by atoms with Crippen LogP contribution in [0.3, 0.4) is 0 Å². The molecule has 1 heterocycles. The van der Waals surface area contributed by atoms with Gasteiger partial charge in [-0.05, 0) is 49.2 Å². The first kappa shape index (κ1) is 23.7. The maximum atomic E-state index is 13.0. The van der Waals surface area contributed by atoms with Crippen molar-refractivity contribution in [2.24, 2.45) is 5.92 Å². The molecule has 2 aromatic carbocycles. The van der Waals surface area contributed by atoms with Crippen LogP contribution in [-0.4, -0.2) is 54.2 Å². The maximum absolute atomic E-state index is 13.0. The van der Waals surface area contributed by atoms with E-state index in [1.54, 1.807) is 36.4 Å². The number of nitrogens with one attached hydrogen (secondary N) is 2. The summed E-state index contributed by atoms with van der Waals surface area (Å²) in [4.78, 5) is 37.3. The lowest BCUT2D eigenvalue weighted by Gasteiger charge is -2.30. The Morgan fingerprint density at radius 1 is 1.09 bits per heavy atom. The van der Waals surface area contributed by atoms with E-state index in [0.717, 1.165) is 16.0 Å². The van der Waals surface area contributed by atoms with Crippen molar-refractivity contribution in [2.75, 3.05) is 12.3 Å². The van der Waals surface area contributed by atoms with Crippen LogP contribution in [0.15, 0.2) is 53.4 Å². The zero-order valence-corrected chi connectivity index (χ0v) is 18.9. The summed E-state index contributed by atoms with van der Waals surface area (Å²) in [5.74, 6) is -3.52. The number of imide groups is 1. The molecule has 1 aliphatic rings. The number of carbonyl (C=O) groups is 3. The van der Waals surface area contributed by atoms with Crippen LogP contribution in [0.4, 0.5) is 4.79 Å². The third-order valence-corrected chi connectivity index (χ3v) is 7.48. The largest absolute Gasteiger partial charge is 0.325 e. The molecule has 3 rings (SSSR count). The van der Waals surface area contributed by atoms with E-state index in [-0.39, 0.29) is 11.4 Å². The number of urea groups is 1. The second kappa shape index (κ2) is 8.89. The van der Waals surface area contributed by atoms with Gasteiger partial charge in [-0.25, -0.2) is 18.7 Å². The number of halogens is 1. The number of carbonyl (C=O) groups excluding carboxylic acids is 3. The minimum atomic E-state index is -3.97. The van der Waals surface area contributed by atoms with E-state index in [1.807, 2.05) is 0 Å². The predicted octanol–water partition coefficient (Wildman–Crippen LogP) is 2.23. The predicted molar refractivity (Wildman–Crippen MR) is 117 cm³/mol. The topological polar surface area (TPSA) is 133 Å². The number of hydrogen-bond acceptors (Lipinski definition) is 6. The van der Waals surface area contributed by atoms with E-state index in [9.17, 15) is 22.8 Å². The summed E-state index contributed by atoms with van der Waals surface area (Å²) in [6.07, 6.45) is 0. The lowest BCUT2D eigenvalue weighted by molar-refractivity contribution is -0.134. The second-order valence-electron chi connectivity index (χ2n) is 7.91. The van der Waals surface area contributed by atoms with E-state index in [2.05, 4.69) is 5.32 Å². The summed E-state index contributed by atoms with van der Waals surface area (Å²) in [5.41, 5.74) is 1.80. The van der Waals surface area contributed by atoms with Crippen molar-refractivity contribution in [3.8, 4) is 11.1 Å². The highest BCUT2D eigenvalue weighted by molar-refractivity contribution is 7.91. The molecule has 1 atom stereocenters. The lowest BCUT2D eigenvalue weighted by atomic mass is 10.0. The lowest BCUT2D eigenvalue weighted by Crippen LogP contribution is -2.50. The molecule has 4 amide bonds. The highest BCUT2D eigenvalue weighted by Crippen LogP contribution is 2.26. The van der Waals surface area contributed by atoms with Crippen LogP contribution in [0.25, 0.3) is 11.1 Å². The third-order valence-electron chi connectivity index (χ3n) is 5.39. The molecule has 0 spiro atoms. The van der Waals surface area contributed by atoms with Crippen LogP contribution in [0.1, 0.15) is 13.8 Å². The Labute approximate surface area is 190 Å². The van der Waals surface area contributed by atoms with E-state index in [1.165, 1.54) is 31.5 Å². The summed E-state index contributed by atoms with van der Waals surface area (Å²) in [6.45, 7) is 2.58. The van der Waals surface area contributed by atoms with E-state index in [0.29, 0.717) is 5.02 Å². The van der Waals surface area contributed by atoms with Gasteiger partial charge in [0.2, 0.25) is 5.91 Å². The Hall–Kier alpha value is -2.95. The van der Waals surface area contributed by atoms with Gasteiger partial charge >= 0.3 is 6.03 Å². The van der Waals surface area contributed by atoms with Crippen LogP contribution in [0, 0.1) is 5.92 Å². The van der Waals surface area contributed by atoms with Gasteiger partial charge in [0, 0.05) is 11.6 Å². The minimum absolute atomic E-state index is 0.0211. The van der Waals surface area contributed by atoms with Gasteiger partial charge in [0.25, 0.3) is 5.91 Å². The molecule has 0 bridgehead atoms. The van der Waals surface area contributed by atoms with E-state index < -0.39 is 44.9 Å². The molecular weight excluding hydrogens is 458 g/mol. The summed E-state index contributed by atoms with van der Waals surface area (Å²) in [5, 5.41) is 11.8. The fourth-order valence-electron chi connectivity index (χ4n) is 3.39. The van der Waals surface area contributed by atoms with Crippen molar-refractivity contribution in [1.29, 1.82) is 0 Å². The van der Waals surface area contributed by atoms with Crippen molar-refractivity contribution in [1.82, 2.24) is 15.7 Å². The standard InChI is InChI=1S/C21H22ClN3O6S/c1-21(2)19(27)23-20(28)25(21)11-15(18(26)24-29)12-32(30,31)17-9-5-14(6-10-17)13-3-7-16(22)8-4-13/h3-10,15,29H,11-12H2,1-2H3,(H,24,26)(H,23,27,28). The Bertz CT molecular complexity index is 1150.